The molecule has 1 N–H and O–H groups in total. The van der Waals surface area contributed by atoms with Crippen molar-refractivity contribution in [3.05, 3.63) is 79.8 Å². The molecule has 4 aromatic rings. The number of anilines is 1. The molecule has 2 aromatic heterocycles. The van der Waals surface area contributed by atoms with Crippen LogP contribution in [0, 0.1) is 0 Å². The first-order chi connectivity index (χ1) is 15.4. The lowest BCUT2D eigenvalue weighted by Gasteiger charge is -2.15. The predicted octanol–water partition coefficient (Wildman–Crippen LogP) is 3.52. The van der Waals surface area contributed by atoms with E-state index in [1.807, 2.05) is 0 Å². The van der Waals surface area contributed by atoms with Crippen molar-refractivity contribution in [2.75, 3.05) is 19.5 Å². The highest BCUT2D eigenvalue weighted by atomic mass is 35.5. The first-order valence-electron chi connectivity index (χ1n) is 9.44. The number of halogens is 1. The summed E-state index contributed by atoms with van der Waals surface area (Å²) < 4.78 is 13.2. The van der Waals surface area contributed by atoms with Crippen LogP contribution >= 0.6 is 22.9 Å². The lowest BCUT2D eigenvalue weighted by molar-refractivity contribution is -0.116. The molecule has 1 amide bonds. The van der Waals surface area contributed by atoms with Gasteiger partial charge in [0.2, 0.25) is 5.91 Å². The van der Waals surface area contributed by atoms with Crippen molar-refractivity contribution < 1.29 is 14.3 Å². The van der Waals surface area contributed by atoms with Crippen LogP contribution in [0.3, 0.4) is 0 Å². The molecule has 10 heteroatoms. The van der Waals surface area contributed by atoms with Gasteiger partial charge >= 0.3 is 5.69 Å². The summed E-state index contributed by atoms with van der Waals surface area (Å²) >= 11 is 7.39. The van der Waals surface area contributed by atoms with Crippen molar-refractivity contribution >= 4 is 44.7 Å². The van der Waals surface area contributed by atoms with Gasteiger partial charge in [0.25, 0.3) is 5.56 Å². The zero-order chi connectivity index (χ0) is 22.8. The number of nitrogens with one attached hydrogen (secondary N) is 1. The highest BCUT2D eigenvalue weighted by molar-refractivity contribution is 7.17. The van der Waals surface area contributed by atoms with Gasteiger partial charge in [-0.15, -0.1) is 11.3 Å². The Bertz CT molecular complexity index is 1430. The van der Waals surface area contributed by atoms with Crippen molar-refractivity contribution in [2.45, 2.75) is 6.54 Å². The van der Waals surface area contributed by atoms with E-state index < -0.39 is 17.2 Å². The number of carbonyl (C=O) groups excluding carboxylic acids is 1. The Balaban J connectivity index is 1.75. The fourth-order valence-corrected chi connectivity index (χ4v) is 4.40. The van der Waals surface area contributed by atoms with Crippen LogP contribution in [-0.4, -0.2) is 29.3 Å². The van der Waals surface area contributed by atoms with Gasteiger partial charge in [-0.2, -0.15) is 0 Å². The molecule has 8 nitrogen and oxygen atoms in total. The maximum Gasteiger partial charge on any atom is 0.336 e. The van der Waals surface area contributed by atoms with E-state index in [1.165, 1.54) is 36.2 Å². The van der Waals surface area contributed by atoms with Crippen LogP contribution in [-0.2, 0) is 11.3 Å². The molecule has 0 bridgehead atoms. The Morgan fingerprint density at radius 1 is 1.06 bits per heavy atom. The summed E-state index contributed by atoms with van der Waals surface area (Å²) in [7, 11) is 2.92. The third kappa shape index (κ3) is 3.88. The van der Waals surface area contributed by atoms with Crippen LogP contribution in [0.5, 0.6) is 11.5 Å². The van der Waals surface area contributed by atoms with Gasteiger partial charge in [0, 0.05) is 6.07 Å². The number of para-hydroxylation sites is 1. The second-order valence-corrected chi connectivity index (χ2v) is 8.04. The Morgan fingerprint density at radius 3 is 2.47 bits per heavy atom. The smallest absolute Gasteiger partial charge is 0.336 e. The van der Waals surface area contributed by atoms with E-state index in [9.17, 15) is 14.4 Å². The second-order valence-electron chi connectivity index (χ2n) is 6.72. The number of carbonyl (C=O) groups is 1. The quantitative estimate of drug-likeness (QED) is 0.464. The first-order valence-corrected chi connectivity index (χ1v) is 10.7. The van der Waals surface area contributed by atoms with Crippen LogP contribution in [0.4, 0.5) is 5.69 Å². The molecule has 2 heterocycles. The molecule has 4 rings (SSSR count). The molecule has 32 heavy (non-hydrogen) atoms. The Morgan fingerprint density at radius 2 is 1.78 bits per heavy atom. The summed E-state index contributed by atoms with van der Waals surface area (Å²) in [5.41, 5.74) is 0.116. The third-order valence-corrected chi connectivity index (χ3v) is 6.01. The number of rotatable bonds is 6. The average Bonchev–Trinajstić information content (AvgIpc) is 3.28. The molecule has 0 aliphatic rings. The highest BCUT2D eigenvalue weighted by Gasteiger charge is 2.19. The van der Waals surface area contributed by atoms with Gasteiger partial charge in [-0.1, -0.05) is 29.8 Å². The fourth-order valence-electron chi connectivity index (χ4n) is 3.34. The van der Waals surface area contributed by atoms with E-state index in [2.05, 4.69) is 5.32 Å². The van der Waals surface area contributed by atoms with E-state index in [0.717, 1.165) is 4.57 Å². The molecule has 0 radical (unpaired) electrons. The highest BCUT2D eigenvalue weighted by Crippen LogP contribution is 2.35. The van der Waals surface area contributed by atoms with Gasteiger partial charge in [0.15, 0.2) is 0 Å². The molecular formula is C22H18ClN3O5S. The Hall–Kier alpha value is -3.56. The summed E-state index contributed by atoms with van der Waals surface area (Å²) in [5, 5.41) is 4.71. The van der Waals surface area contributed by atoms with Crippen LogP contribution in [0.1, 0.15) is 0 Å². The largest absolute Gasteiger partial charge is 0.495 e. The number of methoxy groups -OCH3 is 2. The standard InChI is InChI=1S/C22H18ClN3O5S/c1-30-17-11-18(31-2)15(10-14(17)23)24-19(27)12-25-16-8-9-32-20(16)21(28)26(22(25)29)13-6-4-3-5-7-13/h3-11H,12H2,1-2H3,(H,24,27). The minimum absolute atomic E-state index is 0.290. The predicted molar refractivity (Wildman–Crippen MR) is 125 cm³/mol. The van der Waals surface area contributed by atoms with Crippen molar-refractivity contribution in [3.63, 3.8) is 0 Å². The summed E-state index contributed by atoms with van der Waals surface area (Å²) in [4.78, 5) is 39.1. The molecule has 0 aliphatic carbocycles. The second kappa shape index (κ2) is 8.89. The topological polar surface area (TPSA) is 91.6 Å². The van der Waals surface area contributed by atoms with Crippen molar-refractivity contribution in [2.24, 2.45) is 0 Å². The average molecular weight is 472 g/mol. The SMILES string of the molecule is COc1cc(OC)c(NC(=O)Cn2c(=O)n(-c3ccccc3)c(=O)c3sccc32)cc1Cl. The monoisotopic (exact) mass is 471 g/mol. The summed E-state index contributed by atoms with van der Waals surface area (Å²) in [6, 6.07) is 13.3. The molecule has 0 fully saturated rings. The molecule has 0 spiro atoms. The third-order valence-electron chi connectivity index (χ3n) is 4.82. The van der Waals surface area contributed by atoms with Crippen molar-refractivity contribution in [1.82, 2.24) is 9.13 Å². The molecule has 0 aliphatic heterocycles. The molecule has 0 saturated carbocycles. The first kappa shape index (κ1) is 21.7. The maximum absolute atomic E-state index is 13.2. The van der Waals surface area contributed by atoms with Gasteiger partial charge in [0.1, 0.15) is 22.7 Å². The fraction of sp³-hybridized carbons (Fsp3) is 0.136. The number of amides is 1. The van der Waals surface area contributed by atoms with Gasteiger partial charge in [-0.25, -0.2) is 9.36 Å². The van der Waals surface area contributed by atoms with Crippen LogP contribution in [0.25, 0.3) is 15.9 Å². The van der Waals surface area contributed by atoms with Gasteiger partial charge in [-0.05, 0) is 29.6 Å². The number of thiophene rings is 1. The van der Waals surface area contributed by atoms with Gasteiger partial charge < -0.3 is 14.8 Å². The molecule has 164 valence electrons. The Kier molecular flexibility index (Phi) is 6.02. The molecule has 0 atom stereocenters. The van der Waals surface area contributed by atoms with E-state index in [4.69, 9.17) is 21.1 Å². The van der Waals surface area contributed by atoms with Gasteiger partial charge in [0.05, 0.1) is 36.1 Å². The number of hydrogen-bond acceptors (Lipinski definition) is 6. The van der Waals surface area contributed by atoms with Crippen molar-refractivity contribution in [3.8, 4) is 17.2 Å². The number of benzene rings is 2. The van der Waals surface area contributed by atoms with E-state index >= 15 is 0 Å². The van der Waals surface area contributed by atoms with Crippen LogP contribution in [0.15, 0.2) is 63.5 Å². The number of nitrogens with zero attached hydrogens (tertiary/aromatic N) is 2. The molecule has 0 unspecified atom stereocenters. The summed E-state index contributed by atoms with van der Waals surface area (Å²) in [6.07, 6.45) is 0. The van der Waals surface area contributed by atoms with Crippen LogP contribution < -0.4 is 26.0 Å². The Labute approximate surface area is 191 Å². The number of aromatic nitrogens is 2. The number of fused-ring (bicyclic) bond motifs is 1. The van der Waals surface area contributed by atoms with E-state index in [0.29, 0.717) is 38.1 Å². The van der Waals surface area contributed by atoms with Crippen molar-refractivity contribution in [1.29, 1.82) is 0 Å². The van der Waals surface area contributed by atoms with Gasteiger partial charge in [-0.3, -0.25) is 14.2 Å². The van der Waals surface area contributed by atoms with E-state index in [1.54, 1.807) is 47.8 Å². The van der Waals surface area contributed by atoms with Crippen LogP contribution in [0.2, 0.25) is 5.02 Å². The molecular weight excluding hydrogens is 454 g/mol. The number of ether oxygens (including phenoxy) is 2. The normalized spacial score (nSPS) is 10.8. The lowest BCUT2D eigenvalue weighted by atomic mass is 10.2. The zero-order valence-corrected chi connectivity index (χ0v) is 18.7. The summed E-state index contributed by atoms with van der Waals surface area (Å²) in [6.45, 7) is -0.314. The summed E-state index contributed by atoms with van der Waals surface area (Å²) in [5.74, 6) is 0.256. The maximum atomic E-state index is 13.2. The zero-order valence-electron chi connectivity index (χ0n) is 17.1. The van der Waals surface area contributed by atoms with E-state index in [-0.39, 0.29) is 6.54 Å². The molecule has 0 saturated heterocycles. The minimum atomic E-state index is -0.609. The minimum Gasteiger partial charge on any atom is -0.495 e. The number of hydrogen-bond donors (Lipinski definition) is 1. The lowest BCUT2D eigenvalue weighted by Crippen LogP contribution is -2.40. The molecule has 2 aromatic carbocycles.